The summed E-state index contributed by atoms with van der Waals surface area (Å²) in [6, 6.07) is 8.48. The molecular formula is C27H29FN8O2. The highest BCUT2D eigenvalue weighted by molar-refractivity contribution is 6.01. The maximum absolute atomic E-state index is 14.9. The number of ether oxygens (including phenoxy) is 1. The summed E-state index contributed by atoms with van der Waals surface area (Å²) in [7, 11) is 1.50. The third kappa shape index (κ3) is 5.41. The van der Waals surface area contributed by atoms with Crippen LogP contribution in [0.25, 0.3) is 11.4 Å². The topological polar surface area (TPSA) is 119 Å². The number of pyridine rings is 2. The maximum atomic E-state index is 14.9. The number of rotatable bonds is 9. The quantitative estimate of drug-likeness (QED) is 0.282. The zero-order chi connectivity index (χ0) is 26.8. The van der Waals surface area contributed by atoms with Gasteiger partial charge in [0.15, 0.2) is 11.6 Å². The van der Waals surface area contributed by atoms with Crippen LogP contribution in [-0.2, 0) is 0 Å². The third-order valence-electron chi connectivity index (χ3n) is 6.04. The van der Waals surface area contributed by atoms with Crippen LogP contribution in [0.4, 0.5) is 27.3 Å². The van der Waals surface area contributed by atoms with E-state index in [1.807, 2.05) is 32.9 Å². The summed E-state index contributed by atoms with van der Waals surface area (Å²) in [5.74, 6) is 0.395. The molecule has 0 radical (unpaired) electrons. The SMILES string of the molecule is CCNC(=O)c1cnc(Nc2cc(C)nc(C)c2)cc1Nc1cc(F)cc(-c2ncn(C3CC3)n2)c1OC. The highest BCUT2D eigenvalue weighted by Crippen LogP contribution is 2.40. The molecule has 0 saturated heterocycles. The van der Waals surface area contributed by atoms with E-state index < -0.39 is 5.82 Å². The van der Waals surface area contributed by atoms with E-state index in [-0.39, 0.29) is 5.91 Å². The maximum Gasteiger partial charge on any atom is 0.254 e. The summed E-state index contributed by atoms with van der Waals surface area (Å²) in [6.07, 6.45) is 5.23. The van der Waals surface area contributed by atoms with Crippen LogP contribution < -0.4 is 20.7 Å². The monoisotopic (exact) mass is 516 g/mol. The lowest BCUT2D eigenvalue weighted by Gasteiger charge is -2.17. The first-order valence-electron chi connectivity index (χ1n) is 12.4. The first-order valence-corrected chi connectivity index (χ1v) is 12.4. The molecule has 0 spiro atoms. The molecule has 1 fully saturated rings. The fraction of sp³-hybridized carbons (Fsp3) is 0.296. The van der Waals surface area contributed by atoms with Crippen molar-refractivity contribution >= 4 is 28.8 Å². The first-order chi connectivity index (χ1) is 18.3. The molecule has 1 saturated carbocycles. The summed E-state index contributed by atoms with van der Waals surface area (Å²) in [6.45, 7) is 6.09. The van der Waals surface area contributed by atoms with Gasteiger partial charge >= 0.3 is 0 Å². The molecular weight excluding hydrogens is 487 g/mol. The number of aromatic nitrogens is 5. The molecule has 1 aliphatic carbocycles. The minimum atomic E-state index is -0.499. The lowest BCUT2D eigenvalue weighted by Crippen LogP contribution is -2.24. The molecule has 0 atom stereocenters. The summed E-state index contributed by atoms with van der Waals surface area (Å²) >= 11 is 0. The molecule has 38 heavy (non-hydrogen) atoms. The number of aryl methyl sites for hydroxylation is 2. The standard InChI is InChI=1S/C27H29FN8O2/c1-5-29-27(37)21-13-30-24(33-18-8-15(2)32-16(3)9-18)12-22(21)34-23-11-17(28)10-20(25(23)38-4)26-31-14-36(35-26)19-6-7-19/h8-14,19H,5-7H2,1-4H3,(H,29,37)(H2,30,32,33,34). The van der Waals surface area contributed by atoms with Crippen LogP contribution >= 0.6 is 0 Å². The second-order valence-corrected chi connectivity index (χ2v) is 9.18. The zero-order valence-electron chi connectivity index (χ0n) is 21.7. The van der Waals surface area contributed by atoms with Crippen LogP contribution in [0.1, 0.15) is 47.6 Å². The Bertz CT molecular complexity index is 1480. The van der Waals surface area contributed by atoms with E-state index in [0.29, 0.717) is 52.5 Å². The summed E-state index contributed by atoms with van der Waals surface area (Å²) in [4.78, 5) is 26.1. The van der Waals surface area contributed by atoms with Gasteiger partial charge in [-0.3, -0.25) is 9.78 Å². The van der Waals surface area contributed by atoms with Gasteiger partial charge in [0.2, 0.25) is 0 Å². The van der Waals surface area contributed by atoms with Crippen LogP contribution in [0.5, 0.6) is 5.75 Å². The normalized spacial score (nSPS) is 12.8. The van der Waals surface area contributed by atoms with Crippen LogP contribution in [-0.4, -0.2) is 44.3 Å². The Morgan fingerprint density at radius 1 is 1.08 bits per heavy atom. The smallest absolute Gasteiger partial charge is 0.254 e. The Kier molecular flexibility index (Phi) is 6.91. The van der Waals surface area contributed by atoms with E-state index in [1.165, 1.54) is 25.4 Å². The second-order valence-electron chi connectivity index (χ2n) is 9.18. The summed E-state index contributed by atoms with van der Waals surface area (Å²) < 4.78 is 22.3. The van der Waals surface area contributed by atoms with Crippen molar-refractivity contribution in [1.29, 1.82) is 0 Å². The number of carbonyl (C=O) groups excluding carboxylic acids is 1. The Morgan fingerprint density at radius 3 is 2.53 bits per heavy atom. The van der Waals surface area contributed by atoms with E-state index in [4.69, 9.17) is 4.74 Å². The number of hydrogen-bond acceptors (Lipinski definition) is 8. The van der Waals surface area contributed by atoms with Gasteiger partial charge in [0.25, 0.3) is 5.91 Å². The van der Waals surface area contributed by atoms with Crippen molar-refractivity contribution < 1.29 is 13.9 Å². The number of methoxy groups -OCH3 is 1. The predicted octanol–water partition coefficient (Wildman–Crippen LogP) is 5.07. The number of benzene rings is 1. The highest BCUT2D eigenvalue weighted by atomic mass is 19.1. The summed E-state index contributed by atoms with van der Waals surface area (Å²) in [5, 5.41) is 13.8. The van der Waals surface area contributed by atoms with Crippen LogP contribution in [0, 0.1) is 19.7 Å². The van der Waals surface area contributed by atoms with E-state index in [1.54, 1.807) is 17.1 Å². The van der Waals surface area contributed by atoms with Crippen molar-refractivity contribution in [3.8, 4) is 17.1 Å². The molecule has 4 aromatic rings. The minimum absolute atomic E-state index is 0.295. The number of halogens is 1. The van der Waals surface area contributed by atoms with Crippen molar-refractivity contribution in [3.63, 3.8) is 0 Å². The van der Waals surface area contributed by atoms with E-state index in [2.05, 4.69) is 36.0 Å². The molecule has 5 rings (SSSR count). The van der Waals surface area contributed by atoms with E-state index in [0.717, 1.165) is 29.9 Å². The van der Waals surface area contributed by atoms with Gasteiger partial charge in [-0.1, -0.05) is 0 Å². The molecule has 3 aromatic heterocycles. The van der Waals surface area contributed by atoms with Gasteiger partial charge in [0.05, 0.1) is 35.7 Å². The summed E-state index contributed by atoms with van der Waals surface area (Å²) in [5.41, 5.74) is 3.97. The van der Waals surface area contributed by atoms with Gasteiger partial charge in [-0.25, -0.2) is 19.0 Å². The van der Waals surface area contributed by atoms with Gasteiger partial charge in [-0.05, 0) is 51.8 Å². The molecule has 11 heteroatoms. The second kappa shape index (κ2) is 10.4. The molecule has 0 aliphatic heterocycles. The highest BCUT2D eigenvalue weighted by Gasteiger charge is 2.26. The van der Waals surface area contributed by atoms with E-state index in [9.17, 15) is 9.18 Å². The molecule has 196 valence electrons. The number of nitrogens with zero attached hydrogens (tertiary/aromatic N) is 5. The third-order valence-corrected chi connectivity index (χ3v) is 6.04. The number of hydrogen-bond donors (Lipinski definition) is 3. The van der Waals surface area contributed by atoms with Gasteiger partial charge < -0.3 is 20.7 Å². The first kappa shape index (κ1) is 25.1. The van der Waals surface area contributed by atoms with Crippen molar-refractivity contribution in [2.45, 2.75) is 39.7 Å². The van der Waals surface area contributed by atoms with Gasteiger partial charge in [0.1, 0.15) is 18.0 Å². The van der Waals surface area contributed by atoms with Crippen molar-refractivity contribution in [1.82, 2.24) is 30.0 Å². The molecule has 10 nitrogen and oxygen atoms in total. The van der Waals surface area contributed by atoms with Crippen molar-refractivity contribution in [2.75, 3.05) is 24.3 Å². The number of amides is 1. The van der Waals surface area contributed by atoms with Gasteiger partial charge in [0, 0.05) is 41.9 Å². The van der Waals surface area contributed by atoms with Crippen molar-refractivity contribution in [2.24, 2.45) is 0 Å². The molecule has 0 unspecified atom stereocenters. The Hall–Kier alpha value is -4.54. The number of anilines is 4. The Balaban J connectivity index is 1.54. The van der Waals surface area contributed by atoms with Gasteiger partial charge in [-0.15, -0.1) is 0 Å². The fourth-order valence-corrected chi connectivity index (χ4v) is 4.25. The largest absolute Gasteiger partial charge is 0.494 e. The molecule has 3 heterocycles. The lowest BCUT2D eigenvalue weighted by molar-refractivity contribution is 0.0956. The lowest BCUT2D eigenvalue weighted by atomic mass is 10.1. The van der Waals surface area contributed by atoms with E-state index >= 15 is 0 Å². The zero-order valence-corrected chi connectivity index (χ0v) is 21.7. The Morgan fingerprint density at radius 2 is 1.84 bits per heavy atom. The molecule has 3 N–H and O–H groups in total. The molecule has 1 aliphatic rings. The molecule has 1 aromatic carbocycles. The predicted molar refractivity (Wildman–Crippen MR) is 143 cm³/mol. The van der Waals surface area contributed by atoms with Crippen molar-refractivity contribution in [3.05, 3.63) is 65.6 Å². The Labute approximate surface area is 219 Å². The number of carbonyl (C=O) groups is 1. The van der Waals surface area contributed by atoms with Crippen LogP contribution in [0.2, 0.25) is 0 Å². The number of nitrogens with one attached hydrogen (secondary N) is 3. The average molecular weight is 517 g/mol. The fourth-order valence-electron chi connectivity index (χ4n) is 4.25. The average Bonchev–Trinajstić information content (AvgIpc) is 3.60. The molecule has 1 amide bonds. The van der Waals surface area contributed by atoms with Gasteiger partial charge in [-0.2, -0.15) is 5.10 Å². The minimum Gasteiger partial charge on any atom is -0.494 e. The molecule has 0 bridgehead atoms. The van der Waals surface area contributed by atoms with Crippen LogP contribution in [0.3, 0.4) is 0 Å². The van der Waals surface area contributed by atoms with Crippen LogP contribution in [0.15, 0.2) is 42.9 Å².